The molecule has 1 aliphatic heterocycles. The standard InChI is InChI=1S/C12H25N3O2/c1-4-13-11(16)9-14-5-7-15(8-6-14)10-12(2,3)17/h17H,4-10H2,1-3H3,(H,13,16). The highest BCUT2D eigenvalue weighted by molar-refractivity contribution is 5.77. The van der Waals surface area contributed by atoms with E-state index in [-0.39, 0.29) is 5.91 Å². The molecule has 0 unspecified atom stereocenters. The third-order valence-corrected chi connectivity index (χ3v) is 2.82. The molecule has 5 heteroatoms. The van der Waals surface area contributed by atoms with Crippen LogP contribution >= 0.6 is 0 Å². The lowest BCUT2D eigenvalue weighted by Gasteiger charge is -2.36. The minimum Gasteiger partial charge on any atom is -0.389 e. The minimum absolute atomic E-state index is 0.100. The monoisotopic (exact) mass is 243 g/mol. The fourth-order valence-corrected chi connectivity index (χ4v) is 2.11. The summed E-state index contributed by atoms with van der Waals surface area (Å²) in [5.41, 5.74) is -0.637. The Kier molecular flexibility index (Phi) is 5.36. The van der Waals surface area contributed by atoms with Crippen LogP contribution in [0.1, 0.15) is 20.8 Å². The first-order valence-corrected chi connectivity index (χ1v) is 6.34. The van der Waals surface area contributed by atoms with Gasteiger partial charge in [0.05, 0.1) is 12.1 Å². The molecule has 0 aromatic heterocycles. The number of nitrogens with zero attached hydrogens (tertiary/aromatic N) is 2. The zero-order valence-electron chi connectivity index (χ0n) is 11.2. The van der Waals surface area contributed by atoms with Crippen LogP contribution in [0.15, 0.2) is 0 Å². The van der Waals surface area contributed by atoms with Gasteiger partial charge in [0.15, 0.2) is 0 Å². The lowest BCUT2D eigenvalue weighted by molar-refractivity contribution is -0.122. The van der Waals surface area contributed by atoms with Crippen molar-refractivity contribution in [2.45, 2.75) is 26.4 Å². The molecule has 17 heavy (non-hydrogen) atoms. The molecule has 0 aliphatic carbocycles. The van der Waals surface area contributed by atoms with Crippen molar-refractivity contribution >= 4 is 5.91 Å². The highest BCUT2D eigenvalue weighted by Gasteiger charge is 2.23. The maximum Gasteiger partial charge on any atom is 0.234 e. The zero-order chi connectivity index (χ0) is 12.9. The van der Waals surface area contributed by atoms with E-state index in [0.717, 1.165) is 26.2 Å². The fraction of sp³-hybridized carbons (Fsp3) is 0.917. The number of nitrogens with one attached hydrogen (secondary N) is 1. The summed E-state index contributed by atoms with van der Waals surface area (Å²) in [7, 11) is 0. The van der Waals surface area contributed by atoms with Crippen LogP contribution < -0.4 is 5.32 Å². The molecular weight excluding hydrogens is 218 g/mol. The van der Waals surface area contributed by atoms with E-state index in [9.17, 15) is 9.90 Å². The number of carbonyl (C=O) groups is 1. The molecule has 0 aromatic rings. The number of β-amino-alcohol motifs (C(OH)–C–C–N with tert-alkyl or cyclic N) is 1. The SMILES string of the molecule is CCNC(=O)CN1CCN(CC(C)(C)O)CC1. The Morgan fingerprint density at radius 1 is 1.24 bits per heavy atom. The van der Waals surface area contributed by atoms with E-state index in [4.69, 9.17) is 0 Å². The zero-order valence-corrected chi connectivity index (χ0v) is 11.2. The van der Waals surface area contributed by atoms with Crippen molar-refractivity contribution in [3.05, 3.63) is 0 Å². The normalized spacial score (nSPS) is 19.3. The van der Waals surface area contributed by atoms with Gasteiger partial charge in [-0.25, -0.2) is 0 Å². The molecule has 0 bridgehead atoms. The third kappa shape index (κ3) is 6.00. The second kappa shape index (κ2) is 6.33. The van der Waals surface area contributed by atoms with Crippen LogP contribution in [0.2, 0.25) is 0 Å². The van der Waals surface area contributed by atoms with Crippen molar-refractivity contribution in [3.8, 4) is 0 Å². The van der Waals surface area contributed by atoms with Crippen LogP contribution in [-0.4, -0.2) is 72.2 Å². The Morgan fingerprint density at radius 3 is 2.24 bits per heavy atom. The minimum atomic E-state index is -0.637. The van der Waals surface area contributed by atoms with Crippen molar-refractivity contribution in [1.29, 1.82) is 0 Å². The highest BCUT2D eigenvalue weighted by Crippen LogP contribution is 2.08. The summed E-state index contributed by atoms with van der Waals surface area (Å²) in [5.74, 6) is 0.100. The highest BCUT2D eigenvalue weighted by atomic mass is 16.3. The van der Waals surface area contributed by atoms with E-state index in [2.05, 4.69) is 15.1 Å². The van der Waals surface area contributed by atoms with Gasteiger partial charge in [-0.15, -0.1) is 0 Å². The van der Waals surface area contributed by atoms with Gasteiger partial charge < -0.3 is 10.4 Å². The van der Waals surface area contributed by atoms with E-state index < -0.39 is 5.60 Å². The van der Waals surface area contributed by atoms with Crippen LogP contribution in [0.5, 0.6) is 0 Å². The molecule has 1 fully saturated rings. The summed E-state index contributed by atoms with van der Waals surface area (Å²) in [4.78, 5) is 15.8. The van der Waals surface area contributed by atoms with Crippen molar-refractivity contribution in [2.75, 3.05) is 45.8 Å². The Labute approximate surface area is 104 Å². The van der Waals surface area contributed by atoms with Crippen molar-refractivity contribution in [1.82, 2.24) is 15.1 Å². The molecule has 0 aromatic carbocycles. The smallest absolute Gasteiger partial charge is 0.234 e. The predicted octanol–water partition coefficient (Wildman–Crippen LogP) is -0.489. The van der Waals surface area contributed by atoms with Crippen LogP contribution in [0.4, 0.5) is 0 Å². The van der Waals surface area contributed by atoms with Gasteiger partial charge in [-0.3, -0.25) is 14.6 Å². The Balaban J connectivity index is 2.24. The maximum atomic E-state index is 11.4. The van der Waals surface area contributed by atoms with Crippen molar-refractivity contribution in [3.63, 3.8) is 0 Å². The molecule has 1 amide bonds. The second-order valence-corrected chi connectivity index (χ2v) is 5.32. The summed E-state index contributed by atoms with van der Waals surface area (Å²) in [6.45, 7) is 11.1. The predicted molar refractivity (Wildman–Crippen MR) is 67.9 cm³/mol. The van der Waals surface area contributed by atoms with Gasteiger partial charge in [0.25, 0.3) is 0 Å². The molecule has 2 N–H and O–H groups in total. The number of aliphatic hydroxyl groups is 1. The topological polar surface area (TPSA) is 55.8 Å². The Hall–Kier alpha value is -0.650. The summed E-state index contributed by atoms with van der Waals surface area (Å²) in [6.07, 6.45) is 0. The van der Waals surface area contributed by atoms with Gasteiger partial charge in [-0.1, -0.05) is 0 Å². The molecule has 0 spiro atoms. The number of amides is 1. The number of piperazine rings is 1. The van der Waals surface area contributed by atoms with Gasteiger partial charge in [0, 0.05) is 39.3 Å². The lowest BCUT2D eigenvalue weighted by atomic mass is 10.1. The molecule has 1 rings (SSSR count). The Morgan fingerprint density at radius 2 is 1.76 bits per heavy atom. The first-order chi connectivity index (χ1) is 7.90. The van der Waals surface area contributed by atoms with Crippen LogP contribution in [0.25, 0.3) is 0 Å². The number of hydrogen-bond acceptors (Lipinski definition) is 4. The average Bonchev–Trinajstić information content (AvgIpc) is 2.19. The van der Waals surface area contributed by atoms with Gasteiger partial charge in [0.1, 0.15) is 0 Å². The molecule has 5 nitrogen and oxygen atoms in total. The quantitative estimate of drug-likeness (QED) is 0.684. The lowest BCUT2D eigenvalue weighted by Crippen LogP contribution is -2.52. The summed E-state index contributed by atoms with van der Waals surface area (Å²) in [5, 5.41) is 12.5. The first-order valence-electron chi connectivity index (χ1n) is 6.34. The summed E-state index contributed by atoms with van der Waals surface area (Å²) in [6, 6.07) is 0. The summed E-state index contributed by atoms with van der Waals surface area (Å²) < 4.78 is 0. The van der Waals surface area contributed by atoms with Gasteiger partial charge in [-0.05, 0) is 20.8 Å². The van der Waals surface area contributed by atoms with Gasteiger partial charge in [-0.2, -0.15) is 0 Å². The molecule has 0 radical (unpaired) electrons. The average molecular weight is 243 g/mol. The van der Waals surface area contributed by atoms with Crippen LogP contribution in [-0.2, 0) is 4.79 Å². The van der Waals surface area contributed by atoms with E-state index >= 15 is 0 Å². The first kappa shape index (κ1) is 14.4. The maximum absolute atomic E-state index is 11.4. The van der Waals surface area contributed by atoms with Crippen molar-refractivity contribution in [2.24, 2.45) is 0 Å². The van der Waals surface area contributed by atoms with E-state index in [0.29, 0.717) is 19.6 Å². The fourth-order valence-electron chi connectivity index (χ4n) is 2.11. The summed E-state index contributed by atoms with van der Waals surface area (Å²) >= 11 is 0. The number of rotatable bonds is 5. The molecule has 1 saturated heterocycles. The second-order valence-electron chi connectivity index (χ2n) is 5.32. The van der Waals surface area contributed by atoms with Gasteiger partial charge in [0.2, 0.25) is 5.91 Å². The largest absolute Gasteiger partial charge is 0.389 e. The van der Waals surface area contributed by atoms with Gasteiger partial charge >= 0.3 is 0 Å². The number of hydrogen-bond donors (Lipinski definition) is 2. The molecule has 1 aliphatic rings. The third-order valence-electron chi connectivity index (χ3n) is 2.82. The Bertz CT molecular complexity index is 243. The molecule has 0 saturated carbocycles. The molecule has 0 atom stereocenters. The van der Waals surface area contributed by atoms with Crippen LogP contribution in [0.3, 0.4) is 0 Å². The van der Waals surface area contributed by atoms with E-state index in [1.54, 1.807) is 0 Å². The van der Waals surface area contributed by atoms with Crippen LogP contribution in [0, 0.1) is 0 Å². The molecular formula is C12H25N3O2. The van der Waals surface area contributed by atoms with E-state index in [1.165, 1.54) is 0 Å². The molecule has 100 valence electrons. The molecule has 1 heterocycles. The number of carbonyl (C=O) groups excluding carboxylic acids is 1. The number of likely N-dealkylation sites (N-methyl/N-ethyl adjacent to an activating group) is 1. The van der Waals surface area contributed by atoms with E-state index in [1.807, 2.05) is 20.8 Å². The van der Waals surface area contributed by atoms with Crippen molar-refractivity contribution < 1.29 is 9.90 Å².